The van der Waals surface area contributed by atoms with E-state index in [4.69, 9.17) is 14.2 Å². The van der Waals surface area contributed by atoms with Crippen LogP contribution in [0.4, 0.5) is 0 Å². The molecule has 0 saturated heterocycles. The Kier molecular flexibility index (Phi) is 3.06. The van der Waals surface area contributed by atoms with Crippen molar-refractivity contribution in [2.75, 3.05) is 0 Å². The smallest absolute Gasteiger partial charge is 0.349 e. The van der Waals surface area contributed by atoms with Gasteiger partial charge in [-0.05, 0) is 19.1 Å². The Bertz CT molecular complexity index is 571. The van der Waals surface area contributed by atoms with Gasteiger partial charge in [-0.25, -0.2) is 9.59 Å². The molecular weight excluding hydrogens is 248 g/mol. The van der Waals surface area contributed by atoms with Crippen LogP contribution in [0.1, 0.15) is 31.1 Å². The molecule has 1 aromatic rings. The van der Waals surface area contributed by atoms with E-state index in [0.29, 0.717) is 5.75 Å². The topological polar surface area (TPSA) is 61.8 Å². The lowest BCUT2D eigenvalue weighted by Crippen LogP contribution is -2.39. The molecule has 0 aliphatic carbocycles. The van der Waals surface area contributed by atoms with E-state index in [1.54, 1.807) is 26.0 Å². The van der Waals surface area contributed by atoms with Crippen molar-refractivity contribution in [3.8, 4) is 11.5 Å². The Morgan fingerprint density at radius 2 is 2.00 bits per heavy atom. The number of hydrogen-bond acceptors (Lipinski definition) is 5. The molecule has 1 aliphatic rings. The summed E-state index contributed by atoms with van der Waals surface area (Å²) in [6.07, 6.45) is 0. The molecule has 0 saturated carbocycles. The van der Waals surface area contributed by atoms with Gasteiger partial charge in [-0.3, -0.25) is 0 Å². The predicted octanol–water partition coefficient (Wildman–Crippen LogP) is 2.45. The predicted molar refractivity (Wildman–Crippen MR) is 67.0 cm³/mol. The van der Waals surface area contributed by atoms with Crippen LogP contribution in [0.3, 0.4) is 0 Å². The first-order chi connectivity index (χ1) is 8.80. The number of ether oxygens (including phenoxy) is 3. The fourth-order valence-electron chi connectivity index (χ4n) is 1.63. The fraction of sp³-hybridized carbons (Fsp3) is 0.286. The van der Waals surface area contributed by atoms with Gasteiger partial charge < -0.3 is 14.2 Å². The highest BCUT2D eigenvalue weighted by Gasteiger charge is 2.36. The summed E-state index contributed by atoms with van der Waals surface area (Å²) in [6.45, 7) is 8.26. The van der Waals surface area contributed by atoms with Crippen LogP contribution in [0.2, 0.25) is 0 Å². The van der Waals surface area contributed by atoms with E-state index < -0.39 is 17.7 Å². The van der Waals surface area contributed by atoms with Gasteiger partial charge in [-0.2, -0.15) is 0 Å². The Morgan fingerprint density at radius 1 is 1.32 bits per heavy atom. The highest BCUT2D eigenvalue weighted by Crippen LogP contribution is 2.36. The average molecular weight is 262 g/mol. The summed E-state index contributed by atoms with van der Waals surface area (Å²) in [5.41, 5.74) is 0.347. The van der Waals surface area contributed by atoms with E-state index in [9.17, 15) is 9.59 Å². The molecule has 0 N–H and O–H groups in total. The van der Waals surface area contributed by atoms with E-state index in [0.717, 1.165) is 0 Å². The van der Waals surface area contributed by atoms with Crippen molar-refractivity contribution < 1.29 is 23.8 Å². The number of cyclic esters (lactones) is 1. The Morgan fingerprint density at radius 3 is 2.63 bits per heavy atom. The van der Waals surface area contributed by atoms with Crippen molar-refractivity contribution in [1.82, 2.24) is 0 Å². The van der Waals surface area contributed by atoms with Crippen molar-refractivity contribution in [3.05, 3.63) is 35.9 Å². The maximum Gasteiger partial charge on any atom is 0.349 e. The Hall–Kier alpha value is -2.30. The third kappa shape index (κ3) is 2.59. The summed E-state index contributed by atoms with van der Waals surface area (Å²) in [6, 6.07) is 4.76. The summed E-state index contributed by atoms with van der Waals surface area (Å²) >= 11 is 0. The molecule has 2 rings (SSSR count). The molecule has 5 heteroatoms. The zero-order chi connectivity index (χ0) is 14.2. The molecule has 1 heterocycles. The van der Waals surface area contributed by atoms with Crippen LogP contribution in [0, 0.1) is 0 Å². The van der Waals surface area contributed by atoms with E-state index >= 15 is 0 Å². The maximum absolute atomic E-state index is 12.0. The summed E-state index contributed by atoms with van der Waals surface area (Å²) in [7, 11) is 0. The number of carbonyl (C=O) groups is 2. The first kappa shape index (κ1) is 13.1. The Balaban J connectivity index is 2.42. The monoisotopic (exact) mass is 262 g/mol. The van der Waals surface area contributed by atoms with E-state index in [1.165, 1.54) is 13.0 Å². The zero-order valence-electron chi connectivity index (χ0n) is 11.0. The number of rotatable bonds is 2. The average Bonchev–Trinajstić information content (AvgIpc) is 2.26. The fourth-order valence-corrected chi connectivity index (χ4v) is 1.63. The summed E-state index contributed by atoms with van der Waals surface area (Å²) in [4.78, 5) is 23.5. The van der Waals surface area contributed by atoms with Crippen LogP contribution in [-0.2, 0) is 9.53 Å². The highest BCUT2D eigenvalue weighted by molar-refractivity contribution is 5.98. The normalized spacial score (nSPS) is 15.8. The van der Waals surface area contributed by atoms with Crippen LogP contribution >= 0.6 is 0 Å². The maximum atomic E-state index is 12.0. The van der Waals surface area contributed by atoms with Crippen molar-refractivity contribution in [2.45, 2.75) is 26.6 Å². The molecule has 5 nitrogen and oxygen atoms in total. The lowest BCUT2D eigenvalue weighted by Gasteiger charge is -2.32. The van der Waals surface area contributed by atoms with Crippen LogP contribution in [-0.4, -0.2) is 17.7 Å². The minimum absolute atomic E-state index is 0.103. The van der Waals surface area contributed by atoms with Gasteiger partial charge >= 0.3 is 11.9 Å². The number of carbonyl (C=O) groups excluding carboxylic acids is 2. The van der Waals surface area contributed by atoms with Crippen molar-refractivity contribution in [2.24, 2.45) is 0 Å². The molecule has 0 unspecified atom stereocenters. The quantitative estimate of drug-likeness (QED) is 0.465. The lowest BCUT2D eigenvalue weighted by atomic mass is 10.1. The van der Waals surface area contributed by atoms with Crippen molar-refractivity contribution in [3.63, 3.8) is 0 Å². The molecule has 0 spiro atoms. The second-order valence-electron chi connectivity index (χ2n) is 4.69. The summed E-state index contributed by atoms with van der Waals surface area (Å²) in [5.74, 6) is -1.80. The number of benzene rings is 1. The largest absolute Gasteiger partial charge is 0.452 e. The van der Waals surface area contributed by atoms with Gasteiger partial charge in [0.05, 0.1) is 0 Å². The van der Waals surface area contributed by atoms with Crippen LogP contribution in [0.5, 0.6) is 11.5 Å². The van der Waals surface area contributed by atoms with Gasteiger partial charge in [0, 0.05) is 19.4 Å². The molecule has 0 bridgehead atoms. The van der Waals surface area contributed by atoms with Crippen molar-refractivity contribution >= 4 is 11.9 Å². The number of fused-ring (bicyclic) bond motifs is 1. The van der Waals surface area contributed by atoms with Gasteiger partial charge in [0.15, 0.2) is 0 Å². The third-order valence-corrected chi connectivity index (χ3v) is 2.44. The van der Waals surface area contributed by atoms with Gasteiger partial charge in [0.25, 0.3) is 0 Å². The lowest BCUT2D eigenvalue weighted by molar-refractivity contribution is -0.131. The van der Waals surface area contributed by atoms with Gasteiger partial charge in [0.1, 0.15) is 17.1 Å². The zero-order valence-corrected chi connectivity index (χ0v) is 11.0. The minimum Gasteiger partial charge on any atom is -0.452 e. The van der Waals surface area contributed by atoms with Gasteiger partial charge in [-0.15, -0.1) is 0 Å². The molecule has 0 aromatic heterocycles. The highest BCUT2D eigenvalue weighted by atomic mass is 16.7. The van der Waals surface area contributed by atoms with Crippen molar-refractivity contribution in [1.29, 1.82) is 0 Å². The van der Waals surface area contributed by atoms with E-state index in [2.05, 4.69) is 6.58 Å². The molecular formula is C14H14O5. The van der Waals surface area contributed by atoms with Gasteiger partial charge in [0.2, 0.25) is 5.79 Å². The summed E-state index contributed by atoms with van der Waals surface area (Å²) in [5, 5.41) is 0. The first-order valence-electron chi connectivity index (χ1n) is 5.73. The van der Waals surface area contributed by atoms with Crippen LogP contribution in [0.15, 0.2) is 30.4 Å². The summed E-state index contributed by atoms with van der Waals surface area (Å²) < 4.78 is 15.7. The SMILES string of the molecule is C=C(C)C(=O)Oc1cccc2c1C(=O)OC(C)(C)O2. The molecule has 19 heavy (non-hydrogen) atoms. The van der Waals surface area contributed by atoms with E-state index in [1.807, 2.05) is 0 Å². The van der Waals surface area contributed by atoms with Crippen LogP contribution < -0.4 is 9.47 Å². The second-order valence-corrected chi connectivity index (χ2v) is 4.69. The molecule has 0 atom stereocenters. The molecule has 0 radical (unpaired) electrons. The third-order valence-electron chi connectivity index (χ3n) is 2.44. The molecule has 0 fully saturated rings. The van der Waals surface area contributed by atoms with Gasteiger partial charge in [-0.1, -0.05) is 12.6 Å². The second kappa shape index (κ2) is 4.42. The Labute approximate surface area is 110 Å². The van der Waals surface area contributed by atoms with E-state index in [-0.39, 0.29) is 16.9 Å². The molecule has 1 aliphatic heterocycles. The molecule has 1 aromatic carbocycles. The molecule has 100 valence electrons. The minimum atomic E-state index is -1.04. The first-order valence-corrected chi connectivity index (χ1v) is 5.73. The molecule has 0 amide bonds. The standard InChI is InChI=1S/C14H14O5/c1-8(2)12(15)17-9-6-5-7-10-11(9)13(16)19-14(3,4)18-10/h5-7H,1H2,2-4H3. The number of esters is 2. The van der Waals surface area contributed by atoms with Crippen LogP contribution in [0.25, 0.3) is 0 Å². The number of hydrogen-bond donors (Lipinski definition) is 0.